The summed E-state index contributed by atoms with van der Waals surface area (Å²) in [5.41, 5.74) is 1.18. The molecule has 112 valence electrons. The quantitative estimate of drug-likeness (QED) is 0.891. The fraction of sp³-hybridized carbons (Fsp3) is 0.625. The molecule has 0 radical (unpaired) electrons. The number of piperidine rings is 1. The molecule has 0 spiro atoms. The Bertz CT molecular complexity index is 464. The predicted octanol–water partition coefficient (Wildman–Crippen LogP) is 4.17. The minimum Gasteiger partial charge on any atom is -0.503 e. The normalized spacial score (nSPS) is 23.8. The molecule has 1 aliphatic heterocycles. The summed E-state index contributed by atoms with van der Waals surface area (Å²) in [6.45, 7) is 9.17. The molecule has 3 nitrogen and oxygen atoms in total. The monoisotopic (exact) mass is 341 g/mol. The van der Waals surface area contributed by atoms with Gasteiger partial charge in [-0.1, -0.05) is 6.92 Å². The number of hydrogen-bond donors (Lipinski definition) is 1. The van der Waals surface area contributed by atoms with E-state index < -0.39 is 0 Å². The summed E-state index contributed by atoms with van der Waals surface area (Å²) in [6, 6.07) is 4.55. The molecule has 1 aromatic rings. The summed E-state index contributed by atoms with van der Waals surface area (Å²) in [7, 11) is 0. The van der Waals surface area contributed by atoms with E-state index in [1.807, 2.05) is 19.1 Å². The average molecular weight is 342 g/mol. The lowest BCUT2D eigenvalue weighted by atomic mass is 9.93. The van der Waals surface area contributed by atoms with E-state index in [0.29, 0.717) is 22.9 Å². The third-order valence-electron chi connectivity index (χ3n) is 4.05. The van der Waals surface area contributed by atoms with E-state index in [9.17, 15) is 5.11 Å². The number of benzene rings is 1. The number of phenolic OH excluding ortho intramolecular Hbond substituents is 1. The van der Waals surface area contributed by atoms with E-state index in [2.05, 4.69) is 34.7 Å². The van der Waals surface area contributed by atoms with E-state index in [0.717, 1.165) is 19.0 Å². The Labute approximate surface area is 130 Å². The van der Waals surface area contributed by atoms with Gasteiger partial charge in [-0.15, -0.1) is 0 Å². The minimum atomic E-state index is 0.191. The number of ether oxygens (including phenoxy) is 1. The third-order valence-corrected chi connectivity index (χ3v) is 4.65. The van der Waals surface area contributed by atoms with Crippen molar-refractivity contribution < 1.29 is 9.84 Å². The number of nitrogens with zero attached hydrogens (tertiary/aromatic N) is 1. The first-order valence-corrected chi connectivity index (χ1v) is 8.18. The molecule has 0 amide bonds. The smallest absolute Gasteiger partial charge is 0.172 e. The van der Waals surface area contributed by atoms with Crippen molar-refractivity contribution in [1.29, 1.82) is 0 Å². The number of rotatable bonds is 4. The standard InChI is InChI=1S/C16H24BrNO2/c1-4-20-15-9-13(8-14(17)16(15)19)10-18-6-5-11(2)7-12(18)3/h8-9,11-12,19H,4-7,10H2,1-3H3. The fourth-order valence-electron chi connectivity index (χ4n) is 2.91. The van der Waals surface area contributed by atoms with Crippen molar-refractivity contribution in [2.24, 2.45) is 5.92 Å². The molecule has 1 aliphatic rings. The van der Waals surface area contributed by atoms with Crippen LogP contribution in [0.1, 0.15) is 39.2 Å². The van der Waals surface area contributed by atoms with Crippen molar-refractivity contribution in [2.75, 3.05) is 13.2 Å². The van der Waals surface area contributed by atoms with Crippen LogP contribution in [0.4, 0.5) is 0 Å². The van der Waals surface area contributed by atoms with E-state index in [4.69, 9.17) is 4.74 Å². The lowest BCUT2D eigenvalue weighted by Gasteiger charge is -2.36. The van der Waals surface area contributed by atoms with Crippen molar-refractivity contribution in [2.45, 2.75) is 46.2 Å². The first-order valence-electron chi connectivity index (χ1n) is 7.39. The van der Waals surface area contributed by atoms with Gasteiger partial charge >= 0.3 is 0 Å². The lowest BCUT2D eigenvalue weighted by molar-refractivity contribution is 0.122. The Kier molecular flexibility index (Phi) is 5.33. The largest absolute Gasteiger partial charge is 0.503 e. The molecule has 2 unspecified atom stereocenters. The third kappa shape index (κ3) is 3.67. The van der Waals surface area contributed by atoms with Crippen LogP contribution in [0.2, 0.25) is 0 Å². The van der Waals surface area contributed by atoms with Crippen LogP contribution >= 0.6 is 15.9 Å². The van der Waals surface area contributed by atoms with Crippen LogP contribution in [0.15, 0.2) is 16.6 Å². The summed E-state index contributed by atoms with van der Waals surface area (Å²) < 4.78 is 6.20. The van der Waals surface area contributed by atoms with E-state index >= 15 is 0 Å². The molecule has 0 saturated carbocycles. The number of hydrogen-bond acceptors (Lipinski definition) is 3. The van der Waals surface area contributed by atoms with Crippen LogP contribution in [0, 0.1) is 5.92 Å². The zero-order chi connectivity index (χ0) is 14.7. The van der Waals surface area contributed by atoms with Crippen molar-refractivity contribution in [3.05, 3.63) is 22.2 Å². The number of halogens is 1. The summed E-state index contributed by atoms with van der Waals surface area (Å²) >= 11 is 3.41. The Hall–Kier alpha value is -0.740. The van der Waals surface area contributed by atoms with Crippen LogP contribution in [-0.2, 0) is 6.54 Å². The summed E-state index contributed by atoms with van der Waals surface area (Å²) in [5.74, 6) is 1.58. The fourth-order valence-corrected chi connectivity index (χ4v) is 3.40. The van der Waals surface area contributed by atoms with Gasteiger partial charge in [0.1, 0.15) is 0 Å². The molecule has 4 heteroatoms. The SMILES string of the molecule is CCOc1cc(CN2CCC(C)CC2C)cc(Br)c1O. The van der Waals surface area contributed by atoms with Crippen molar-refractivity contribution in [3.63, 3.8) is 0 Å². The van der Waals surface area contributed by atoms with Crippen molar-refractivity contribution >= 4 is 15.9 Å². The molecule has 1 saturated heterocycles. The van der Waals surface area contributed by atoms with Gasteiger partial charge in [0.05, 0.1) is 11.1 Å². The van der Waals surface area contributed by atoms with Gasteiger partial charge in [0, 0.05) is 12.6 Å². The zero-order valence-corrected chi connectivity index (χ0v) is 14.1. The van der Waals surface area contributed by atoms with E-state index in [-0.39, 0.29) is 5.75 Å². The predicted molar refractivity (Wildman–Crippen MR) is 85.2 cm³/mol. The second kappa shape index (κ2) is 6.81. The van der Waals surface area contributed by atoms with Gasteiger partial charge in [-0.25, -0.2) is 0 Å². The number of likely N-dealkylation sites (tertiary alicyclic amines) is 1. The molecule has 1 heterocycles. The molecule has 0 bridgehead atoms. The first-order chi connectivity index (χ1) is 9.51. The molecule has 0 aliphatic carbocycles. The van der Waals surface area contributed by atoms with Gasteiger partial charge in [0.15, 0.2) is 11.5 Å². The second-order valence-corrected chi connectivity index (χ2v) is 6.66. The van der Waals surface area contributed by atoms with Crippen LogP contribution in [0.25, 0.3) is 0 Å². The Balaban J connectivity index is 2.13. The van der Waals surface area contributed by atoms with Crippen LogP contribution < -0.4 is 4.74 Å². The summed E-state index contributed by atoms with van der Waals surface area (Å²) in [6.07, 6.45) is 2.53. The van der Waals surface area contributed by atoms with Crippen LogP contribution in [0.3, 0.4) is 0 Å². The maximum absolute atomic E-state index is 9.96. The van der Waals surface area contributed by atoms with Gasteiger partial charge in [-0.3, -0.25) is 4.90 Å². The van der Waals surface area contributed by atoms with Gasteiger partial charge in [-0.2, -0.15) is 0 Å². The average Bonchev–Trinajstić information content (AvgIpc) is 2.39. The van der Waals surface area contributed by atoms with E-state index in [1.54, 1.807) is 0 Å². The van der Waals surface area contributed by atoms with Gasteiger partial charge in [0.25, 0.3) is 0 Å². The summed E-state index contributed by atoms with van der Waals surface area (Å²) in [5, 5.41) is 9.96. The van der Waals surface area contributed by atoms with Gasteiger partial charge in [-0.05, 0) is 72.8 Å². The first kappa shape index (κ1) is 15.6. The molecular weight excluding hydrogens is 318 g/mol. The van der Waals surface area contributed by atoms with Crippen molar-refractivity contribution in [1.82, 2.24) is 4.90 Å². The van der Waals surface area contributed by atoms with E-state index in [1.165, 1.54) is 18.4 Å². The number of aromatic hydroxyl groups is 1. The van der Waals surface area contributed by atoms with Crippen LogP contribution in [-0.4, -0.2) is 29.2 Å². The lowest BCUT2D eigenvalue weighted by Crippen LogP contribution is -2.39. The molecule has 0 aromatic heterocycles. The van der Waals surface area contributed by atoms with Crippen LogP contribution in [0.5, 0.6) is 11.5 Å². The molecule has 1 aromatic carbocycles. The molecular formula is C16H24BrNO2. The van der Waals surface area contributed by atoms with Gasteiger partial charge < -0.3 is 9.84 Å². The highest BCUT2D eigenvalue weighted by molar-refractivity contribution is 9.10. The summed E-state index contributed by atoms with van der Waals surface area (Å²) in [4.78, 5) is 2.51. The Morgan fingerprint density at radius 1 is 1.40 bits per heavy atom. The topological polar surface area (TPSA) is 32.7 Å². The molecule has 1 N–H and O–H groups in total. The maximum atomic E-state index is 9.96. The minimum absolute atomic E-state index is 0.191. The molecule has 1 fully saturated rings. The highest BCUT2D eigenvalue weighted by atomic mass is 79.9. The molecule has 20 heavy (non-hydrogen) atoms. The highest BCUT2D eigenvalue weighted by Gasteiger charge is 2.23. The second-order valence-electron chi connectivity index (χ2n) is 5.81. The Morgan fingerprint density at radius 3 is 2.80 bits per heavy atom. The van der Waals surface area contributed by atoms with Gasteiger partial charge in [0.2, 0.25) is 0 Å². The maximum Gasteiger partial charge on any atom is 0.172 e. The molecule has 2 rings (SSSR count). The Morgan fingerprint density at radius 2 is 2.15 bits per heavy atom. The zero-order valence-electron chi connectivity index (χ0n) is 12.5. The van der Waals surface area contributed by atoms with Crippen molar-refractivity contribution in [3.8, 4) is 11.5 Å². The highest BCUT2D eigenvalue weighted by Crippen LogP contribution is 2.36. The number of phenols is 1. The molecule has 2 atom stereocenters.